The van der Waals surface area contributed by atoms with Crippen molar-refractivity contribution in [3.63, 3.8) is 0 Å². The minimum absolute atomic E-state index is 0.224. The Morgan fingerprint density at radius 2 is 0.485 bits per heavy atom. The van der Waals surface area contributed by atoms with E-state index in [-0.39, 0.29) is 29.6 Å². The van der Waals surface area contributed by atoms with Crippen molar-refractivity contribution < 1.29 is 30.6 Å². The van der Waals surface area contributed by atoms with Crippen LogP contribution in [0, 0.1) is 0 Å². The van der Waals surface area contributed by atoms with Crippen LogP contribution in [0.25, 0.3) is 0 Å². The van der Waals surface area contributed by atoms with E-state index in [2.05, 4.69) is 144 Å². The lowest BCUT2D eigenvalue weighted by Crippen LogP contribution is -2.15. The van der Waals surface area contributed by atoms with Crippen molar-refractivity contribution in [1.29, 1.82) is 0 Å². The summed E-state index contributed by atoms with van der Waals surface area (Å²) in [4.78, 5) is 0. The summed E-state index contributed by atoms with van der Waals surface area (Å²) in [7, 11) is 0. The number of benzene rings is 12. The summed E-state index contributed by atoms with van der Waals surface area (Å²) in [5.41, 5.74) is 21.6. The number of aliphatic hydroxyl groups excluding tert-OH is 6. The van der Waals surface area contributed by atoms with Crippen LogP contribution in [0.4, 0.5) is 0 Å². The van der Waals surface area contributed by atoms with Crippen LogP contribution >= 0.6 is 0 Å². The Morgan fingerprint density at radius 1 is 0.253 bits per heavy atom. The lowest BCUT2D eigenvalue weighted by Gasteiger charge is -2.30. The minimum atomic E-state index is -0.956. The van der Waals surface area contributed by atoms with Gasteiger partial charge in [0.05, 0.1) is 0 Å². The van der Waals surface area contributed by atoms with Crippen molar-refractivity contribution >= 4 is 0 Å². The Balaban J connectivity index is 1.10. The van der Waals surface area contributed by atoms with E-state index >= 15 is 0 Å². The van der Waals surface area contributed by atoms with Gasteiger partial charge < -0.3 is 30.6 Å². The fourth-order valence-corrected chi connectivity index (χ4v) is 15.9. The number of rotatable bonds is 16. The Morgan fingerprint density at radius 3 is 0.798 bits per heavy atom. The summed E-state index contributed by atoms with van der Waals surface area (Å²) in [5.74, 6) is -1.19. The molecule has 0 fully saturated rings. The summed E-state index contributed by atoms with van der Waals surface area (Å²) in [6, 6.07) is 98.7. The van der Waals surface area contributed by atoms with Crippen LogP contribution in [0.5, 0.6) is 0 Å². The standard InChI is InChI=1S/C93H90O6/c1-6-73-68-42-47-77(88(94)61-28-16-10-17-29-61)72(54-68)52-60-40-46-79(90(96)63-32-20-12-21-33-63)84(53-60)74(7-2)70-44-50-82(93(99)66-38-26-15-27-39-66)87(57-70)75(8-3)69-43-49-78(89(95)62-30-18-11-19-31-62)83(56-69)59(5)67-41-48-80(91(97)64-34-22-13-23-35-64)85(55-67)76(9-4)71-45-51-81(86(73)58-71)92(98)65-36-24-14-25-37-65/h10-51,53-59,73-76,88-99H,6-9,52H2,1-5H3. The topological polar surface area (TPSA) is 121 Å². The molecule has 498 valence electrons. The summed E-state index contributed by atoms with van der Waals surface area (Å²) >= 11 is 0. The average molecular weight is 1300 g/mol. The predicted octanol–water partition coefficient (Wildman–Crippen LogP) is 20.4. The maximum atomic E-state index is 12.8. The van der Waals surface area contributed by atoms with Gasteiger partial charge in [-0.15, -0.1) is 0 Å². The third kappa shape index (κ3) is 14.1. The quantitative estimate of drug-likeness (QED) is 0.0573. The zero-order chi connectivity index (χ0) is 68.7. The van der Waals surface area contributed by atoms with Crippen LogP contribution in [-0.4, -0.2) is 30.6 Å². The van der Waals surface area contributed by atoms with Crippen molar-refractivity contribution in [2.75, 3.05) is 0 Å². The Labute approximate surface area is 584 Å². The van der Waals surface area contributed by atoms with Crippen molar-refractivity contribution in [1.82, 2.24) is 0 Å². The monoisotopic (exact) mass is 1300 g/mol. The average Bonchev–Trinajstić information content (AvgIpc) is 0.776. The lowest BCUT2D eigenvalue weighted by molar-refractivity contribution is 0.218. The van der Waals surface area contributed by atoms with Crippen molar-refractivity contribution in [2.45, 2.75) is 133 Å². The van der Waals surface area contributed by atoms with E-state index in [9.17, 15) is 30.6 Å². The maximum Gasteiger partial charge on any atom is 0.104 e. The molecule has 13 rings (SSSR count). The Hall–Kier alpha value is -9.60. The van der Waals surface area contributed by atoms with Gasteiger partial charge in [-0.1, -0.05) is 326 Å². The highest BCUT2D eigenvalue weighted by atomic mass is 16.3. The molecule has 0 saturated heterocycles. The van der Waals surface area contributed by atoms with E-state index in [1.165, 1.54) is 0 Å². The largest absolute Gasteiger partial charge is 0.384 e. The second kappa shape index (κ2) is 30.7. The van der Waals surface area contributed by atoms with Crippen molar-refractivity contribution in [2.24, 2.45) is 0 Å². The molecule has 99 heavy (non-hydrogen) atoms. The van der Waals surface area contributed by atoms with Gasteiger partial charge in [0, 0.05) is 29.6 Å². The summed E-state index contributed by atoms with van der Waals surface area (Å²) in [6.45, 7) is 11.1. The van der Waals surface area contributed by atoms with Gasteiger partial charge in [-0.2, -0.15) is 0 Å². The summed E-state index contributed by atoms with van der Waals surface area (Å²) in [5, 5.41) is 76.5. The van der Waals surface area contributed by atoms with Gasteiger partial charge in [-0.25, -0.2) is 0 Å². The van der Waals surface area contributed by atoms with Crippen LogP contribution < -0.4 is 0 Å². The van der Waals surface area contributed by atoms with Crippen LogP contribution in [0.3, 0.4) is 0 Å². The van der Waals surface area contributed by atoms with Gasteiger partial charge in [0.1, 0.15) is 36.6 Å². The fraction of sp³-hybridized carbons (Fsp3) is 0.226. The smallest absolute Gasteiger partial charge is 0.104 e. The highest BCUT2D eigenvalue weighted by molar-refractivity contribution is 5.57. The molecule has 0 saturated carbocycles. The molecule has 0 aliphatic heterocycles. The maximum absolute atomic E-state index is 12.8. The third-order valence-electron chi connectivity index (χ3n) is 21.3. The van der Waals surface area contributed by atoms with E-state index in [1.54, 1.807) is 0 Å². The molecule has 12 aromatic rings. The first-order valence-electron chi connectivity index (χ1n) is 35.5. The third-order valence-corrected chi connectivity index (χ3v) is 21.3. The highest BCUT2D eigenvalue weighted by Gasteiger charge is 2.32. The fourth-order valence-electron chi connectivity index (χ4n) is 15.9. The van der Waals surface area contributed by atoms with Gasteiger partial charge in [0.15, 0.2) is 0 Å². The summed E-state index contributed by atoms with van der Waals surface area (Å²) < 4.78 is 0. The molecule has 1 aliphatic carbocycles. The summed E-state index contributed by atoms with van der Waals surface area (Å²) in [6.07, 6.45) is -2.50. The molecule has 0 amide bonds. The SMILES string of the molecule is CCC1c2ccc(C(O)c3ccccc3)c(c2)C(CC)c2ccc(C(O)c3ccccc3)c(c2)C(C)c2ccc(C(O)c3ccccc3)c(c2)C(CC)c2ccc(C(O)c3ccccc3)c(c2)C(CC)c2ccc(C(O)c3ccccc3)c(c2)Cc2ccc(C(O)c3ccccc3)c1c2. The molecular weight excluding hydrogens is 1210 g/mol. The molecule has 0 radical (unpaired) electrons. The molecule has 11 unspecified atom stereocenters. The normalized spacial score (nSPS) is 18.0. The zero-order valence-electron chi connectivity index (χ0n) is 57.3. The second-order valence-electron chi connectivity index (χ2n) is 27.1. The Kier molecular flexibility index (Phi) is 21.0. The first kappa shape index (κ1) is 67.9. The van der Waals surface area contributed by atoms with Gasteiger partial charge in [0.25, 0.3) is 0 Å². The molecule has 6 heteroatoms. The molecule has 12 aromatic carbocycles. The van der Waals surface area contributed by atoms with Gasteiger partial charge in [0.2, 0.25) is 0 Å². The molecule has 6 N–H and O–H groups in total. The number of hydrogen-bond donors (Lipinski definition) is 6. The van der Waals surface area contributed by atoms with Crippen molar-refractivity contribution in [3.05, 3.63) is 425 Å². The number of hydrogen-bond acceptors (Lipinski definition) is 6. The number of aliphatic hydroxyl groups is 6. The lowest BCUT2D eigenvalue weighted by atomic mass is 9.75. The van der Waals surface area contributed by atoms with Gasteiger partial charge in [-0.05, 0) is 166 Å². The molecule has 12 bridgehead atoms. The highest BCUT2D eigenvalue weighted by Crippen LogP contribution is 2.47. The van der Waals surface area contributed by atoms with E-state index in [0.29, 0.717) is 32.1 Å². The molecule has 0 aromatic heterocycles. The molecule has 0 heterocycles. The van der Waals surface area contributed by atoms with Crippen LogP contribution in [0.2, 0.25) is 0 Å². The minimum Gasteiger partial charge on any atom is -0.384 e. The predicted molar refractivity (Wildman–Crippen MR) is 401 cm³/mol. The number of fused-ring (bicyclic) bond motifs is 12. The van der Waals surface area contributed by atoms with Gasteiger partial charge in [-0.3, -0.25) is 0 Å². The molecule has 6 nitrogen and oxygen atoms in total. The van der Waals surface area contributed by atoms with Crippen LogP contribution in [0.1, 0.15) is 260 Å². The second-order valence-corrected chi connectivity index (χ2v) is 27.1. The van der Waals surface area contributed by atoms with Crippen LogP contribution in [0.15, 0.2) is 291 Å². The molecule has 11 atom stereocenters. The van der Waals surface area contributed by atoms with E-state index in [0.717, 1.165) is 134 Å². The van der Waals surface area contributed by atoms with Crippen molar-refractivity contribution in [3.8, 4) is 0 Å². The van der Waals surface area contributed by atoms with Crippen LogP contribution in [-0.2, 0) is 6.42 Å². The van der Waals surface area contributed by atoms with E-state index in [4.69, 9.17) is 0 Å². The molecule has 0 spiro atoms. The first-order chi connectivity index (χ1) is 48.3. The first-order valence-corrected chi connectivity index (χ1v) is 35.5. The zero-order valence-corrected chi connectivity index (χ0v) is 57.3. The Bertz CT molecular complexity index is 4670. The van der Waals surface area contributed by atoms with E-state index < -0.39 is 36.6 Å². The molecule has 1 aliphatic rings. The van der Waals surface area contributed by atoms with Gasteiger partial charge >= 0.3 is 0 Å². The molecular formula is C93H90O6. The van der Waals surface area contributed by atoms with E-state index in [1.807, 2.05) is 182 Å².